The minimum atomic E-state index is -1.13. The zero-order valence-corrected chi connectivity index (χ0v) is 7.26. The fraction of sp³-hybridized carbons (Fsp3) is 0.333. The minimum absolute atomic E-state index is 0.148. The van der Waals surface area contributed by atoms with Gasteiger partial charge in [0.15, 0.2) is 11.6 Å². The van der Waals surface area contributed by atoms with Crippen LogP contribution in [0.1, 0.15) is 18.0 Å². The van der Waals surface area contributed by atoms with Crippen molar-refractivity contribution in [2.24, 2.45) is 5.73 Å². The fourth-order valence-corrected chi connectivity index (χ4v) is 1.54. The maximum absolute atomic E-state index is 13.2. The third kappa shape index (κ3) is 1.21. The SMILES string of the molecule is N[C@@H]1CCOc2c(F)c(F)cc(O)c21. The molecule has 1 aromatic carbocycles. The first-order chi connectivity index (χ1) is 6.61. The molecule has 0 saturated carbocycles. The van der Waals surface area contributed by atoms with Crippen LogP contribution in [0.4, 0.5) is 8.78 Å². The first kappa shape index (κ1) is 9.21. The molecule has 76 valence electrons. The van der Waals surface area contributed by atoms with Crippen molar-refractivity contribution >= 4 is 0 Å². The lowest BCUT2D eigenvalue weighted by atomic mass is 10.00. The van der Waals surface area contributed by atoms with Crippen LogP contribution in [0.25, 0.3) is 0 Å². The van der Waals surface area contributed by atoms with E-state index in [0.29, 0.717) is 12.5 Å². The molecule has 0 aromatic heterocycles. The van der Waals surface area contributed by atoms with Gasteiger partial charge in [0.05, 0.1) is 12.2 Å². The van der Waals surface area contributed by atoms with Crippen LogP contribution in [-0.2, 0) is 0 Å². The summed E-state index contributed by atoms with van der Waals surface area (Å²) in [6.45, 7) is 0.230. The van der Waals surface area contributed by atoms with Gasteiger partial charge in [-0.3, -0.25) is 0 Å². The highest BCUT2D eigenvalue weighted by Gasteiger charge is 2.27. The number of hydrogen-bond donors (Lipinski definition) is 2. The number of rotatable bonds is 0. The largest absolute Gasteiger partial charge is 0.507 e. The monoisotopic (exact) mass is 201 g/mol. The van der Waals surface area contributed by atoms with E-state index in [4.69, 9.17) is 10.5 Å². The normalized spacial score (nSPS) is 20.1. The standard InChI is InChI=1S/C9H9F2NO2/c10-4-3-6(13)7-5(12)1-2-14-9(7)8(4)11/h3,5,13H,1-2,12H2/t5-/m1/s1. The van der Waals surface area contributed by atoms with E-state index >= 15 is 0 Å². The molecular formula is C9H9F2NO2. The molecule has 3 nitrogen and oxygen atoms in total. The molecule has 0 aliphatic carbocycles. The van der Waals surface area contributed by atoms with E-state index in [-0.39, 0.29) is 23.7 Å². The van der Waals surface area contributed by atoms with Crippen LogP contribution in [0.3, 0.4) is 0 Å². The molecule has 0 amide bonds. The van der Waals surface area contributed by atoms with Gasteiger partial charge >= 0.3 is 0 Å². The van der Waals surface area contributed by atoms with Crippen molar-refractivity contribution in [3.63, 3.8) is 0 Å². The lowest BCUT2D eigenvalue weighted by Gasteiger charge is -2.24. The number of fused-ring (bicyclic) bond motifs is 1. The van der Waals surface area contributed by atoms with E-state index in [1.165, 1.54) is 0 Å². The van der Waals surface area contributed by atoms with Crippen molar-refractivity contribution < 1.29 is 18.6 Å². The second kappa shape index (κ2) is 3.09. The van der Waals surface area contributed by atoms with Crippen LogP contribution in [0.5, 0.6) is 11.5 Å². The smallest absolute Gasteiger partial charge is 0.201 e. The van der Waals surface area contributed by atoms with Crippen molar-refractivity contribution in [2.75, 3.05) is 6.61 Å². The van der Waals surface area contributed by atoms with Gasteiger partial charge in [-0.25, -0.2) is 4.39 Å². The predicted molar refractivity (Wildman–Crippen MR) is 45.1 cm³/mol. The van der Waals surface area contributed by atoms with Gasteiger partial charge < -0.3 is 15.6 Å². The van der Waals surface area contributed by atoms with E-state index in [9.17, 15) is 13.9 Å². The molecule has 0 radical (unpaired) electrons. The molecule has 1 aliphatic rings. The number of benzene rings is 1. The van der Waals surface area contributed by atoms with E-state index in [1.807, 2.05) is 0 Å². The molecule has 5 heteroatoms. The zero-order valence-electron chi connectivity index (χ0n) is 7.26. The molecule has 1 aromatic rings. The molecule has 0 bridgehead atoms. The Bertz CT molecular complexity index is 382. The van der Waals surface area contributed by atoms with Crippen molar-refractivity contribution in [1.29, 1.82) is 0 Å². The molecule has 3 N–H and O–H groups in total. The Morgan fingerprint density at radius 3 is 2.93 bits per heavy atom. The maximum Gasteiger partial charge on any atom is 0.201 e. The Kier molecular flexibility index (Phi) is 2.03. The van der Waals surface area contributed by atoms with Gasteiger partial charge in [0.25, 0.3) is 0 Å². The number of ether oxygens (including phenoxy) is 1. The van der Waals surface area contributed by atoms with E-state index in [0.717, 1.165) is 0 Å². The number of phenols is 1. The molecule has 1 aliphatic heterocycles. The Labute approximate surface area is 79.1 Å². The molecule has 0 fully saturated rings. The minimum Gasteiger partial charge on any atom is -0.507 e. The molecular weight excluding hydrogens is 192 g/mol. The van der Waals surface area contributed by atoms with Crippen LogP contribution >= 0.6 is 0 Å². The number of nitrogens with two attached hydrogens (primary N) is 1. The highest BCUT2D eigenvalue weighted by molar-refractivity contribution is 5.48. The average Bonchev–Trinajstić information content (AvgIpc) is 2.14. The third-order valence-electron chi connectivity index (χ3n) is 2.24. The summed E-state index contributed by atoms with van der Waals surface area (Å²) in [5.74, 6) is -2.84. The Hall–Kier alpha value is -1.36. The molecule has 1 atom stereocenters. The van der Waals surface area contributed by atoms with Crippen molar-refractivity contribution in [3.05, 3.63) is 23.3 Å². The van der Waals surface area contributed by atoms with Gasteiger partial charge in [-0.15, -0.1) is 0 Å². The third-order valence-corrected chi connectivity index (χ3v) is 2.24. The predicted octanol–water partition coefficient (Wildman–Crippen LogP) is 1.45. The summed E-state index contributed by atoms with van der Waals surface area (Å²) < 4.78 is 30.9. The summed E-state index contributed by atoms with van der Waals surface area (Å²) >= 11 is 0. The van der Waals surface area contributed by atoms with Gasteiger partial charge in [-0.2, -0.15) is 4.39 Å². The topological polar surface area (TPSA) is 55.5 Å². The van der Waals surface area contributed by atoms with Gasteiger partial charge in [-0.05, 0) is 0 Å². The zero-order chi connectivity index (χ0) is 10.3. The van der Waals surface area contributed by atoms with Crippen LogP contribution in [0, 0.1) is 11.6 Å². The van der Waals surface area contributed by atoms with Gasteiger partial charge in [0.2, 0.25) is 5.82 Å². The van der Waals surface area contributed by atoms with Crippen molar-refractivity contribution in [3.8, 4) is 11.5 Å². The molecule has 2 rings (SSSR count). The van der Waals surface area contributed by atoms with Crippen molar-refractivity contribution in [2.45, 2.75) is 12.5 Å². The summed E-state index contributed by atoms with van der Waals surface area (Å²) in [6.07, 6.45) is 0.478. The number of halogens is 2. The second-order valence-electron chi connectivity index (χ2n) is 3.18. The Balaban J connectivity index is 2.66. The molecule has 14 heavy (non-hydrogen) atoms. The highest BCUT2D eigenvalue weighted by atomic mass is 19.2. The average molecular weight is 201 g/mol. The number of phenolic OH excluding ortho intramolecular Hbond substituents is 1. The quantitative estimate of drug-likeness (QED) is 0.668. The van der Waals surface area contributed by atoms with Crippen LogP contribution < -0.4 is 10.5 Å². The summed E-state index contributed by atoms with van der Waals surface area (Å²) in [5, 5.41) is 9.37. The van der Waals surface area contributed by atoms with E-state index in [1.54, 1.807) is 0 Å². The van der Waals surface area contributed by atoms with Crippen LogP contribution in [-0.4, -0.2) is 11.7 Å². The molecule has 0 unspecified atom stereocenters. The summed E-state index contributed by atoms with van der Waals surface area (Å²) in [4.78, 5) is 0. The first-order valence-electron chi connectivity index (χ1n) is 4.20. The van der Waals surface area contributed by atoms with Gasteiger partial charge in [0, 0.05) is 18.5 Å². The lowest BCUT2D eigenvalue weighted by Crippen LogP contribution is -2.22. The molecule has 0 spiro atoms. The van der Waals surface area contributed by atoms with Crippen molar-refractivity contribution in [1.82, 2.24) is 0 Å². The number of aromatic hydroxyl groups is 1. The summed E-state index contributed by atoms with van der Waals surface area (Å²) in [6, 6.07) is 0.205. The highest BCUT2D eigenvalue weighted by Crippen LogP contribution is 2.40. The van der Waals surface area contributed by atoms with E-state index in [2.05, 4.69) is 0 Å². The Morgan fingerprint density at radius 1 is 1.50 bits per heavy atom. The molecule has 0 saturated heterocycles. The van der Waals surface area contributed by atoms with Crippen LogP contribution in [0.2, 0.25) is 0 Å². The van der Waals surface area contributed by atoms with Gasteiger partial charge in [0.1, 0.15) is 5.75 Å². The second-order valence-corrected chi connectivity index (χ2v) is 3.18. The number of hydrogen-bond acceptors (Lipinski definition) is 3. The Morgan fingerprint density at radius 2 is 2.21 bits per heavy atom. The fourth-order valence-electron chi connectivity index (χ4n) is 1.54. The van der Waals surface area contributed by atoms with E-state index < -0.39 is 17.7 Å². The summed E-state index contributed by atoms with van der Waals surface area (Å²) in [5.41, 5.74) is 5.79. The summed E-state index contributed by atoms with van der Waals surface area (Å²) in [7, 11) is 0. The lowest BCUT2D eigenvalue weighted by molar-refractivity contribution is 0.245. The van der Waals surface area contributed by atoms with Gasteiger partial charge in [-0.1, -0.05) is 0 Å². The maximum atomic E-state index is 13.2. The molecule has 1 heterocycles. The van der Waals surface area contributed by atoms with Crippen LogP contribution in [0.15, 0.2) is 6.07 Å². The first-order valence-corrected chi connectivity index (χ1v) is 4.20.